The quantitative estimate of drug-likeness (QED) is 0.799. The van der Waals surface area contributed by atoms with Gasteiger partial charge >= 0.3 is 0 Å². The SMILES string of the molecule is COCC1CCN(c2cnc(CN)cn2)C1. The van der Waals surface area contributed by atoms with Crippen LogP contribution in [0.4, 0.5) is 5.82 Å². The van der Waals surface area contributed by atoms with E-state index in [4.69, 9.17) is 10.5 Å². The summed E-state index contributed by atoms with van der Waals surface area (Å²) in [6.45, 7) is 3.31. The second-order valence-electron chi connectivity index (χ2n) is 4.13. The van der Waals surface area contributed by atoms with Crippen molar-refractivity contribution in [2.45, 2.75) is 13.0 Å². The van der Waals surface area contributed by atoms with Crippen molar-refractivity contribution in [3.63, 3.8) is 0 Å². The number of nitrogens with two attached hydrogens (primary N) is 1. The summed E-state index contributed by atoms with van der Waals surface area (Å²) in [7, 11) is 1.75. The van der Waals surface area contributed by atoms with Gasteiger partial charge in [0.15, 0.2) is 0 Å². The molecule has 0 radical (unpaired) electrons. The van der Waals surface area contributed by atoms with Crippen molar-refractivity contribution in [2.75, 3.05) is 31.7 Å². The minimum absolute atomic E-state index is 0.444. The Morgan fingerprint density at radius 3 is 3.00 bits per heavy atom. The van der Waals surface area contributed by atoms with Crippen molar-refractivity contribution in [2.24, 2.45) is 11.7 Å². The molecule has 1 aliphatic rings. The van der Waals surface area contributed by atoms with Crippen LogP contribution in [0.5, 0.6) is 0 Å². The predicted octanol–water partition coefficient (Wildman–Crippen LogP) is 0.408. The monoisotopic (exact) mass is 222 g/mol. The molecule has 1 saturated heterocycles. The van der Waals surface area contributed by atoms with Crippen molar-refractivity contribution in [3.8, 4) is 0 Å². The molecule has 5 heteroatoms. The third-order valence-corrected chi connectivity index (χ3v) is 2.91. The van der Waals surface area contributed by atoms with Gasteiger partial charge in [0.1, 0.15) is 5.82 Å². The minimum Gasteiger partial charge on any atom is -0.384 e. The van der Waals surface area contributed by atoms with Crippen LogP contribution in [-0.4, -0.2) is 36.8 Å². The molecule has 2 N–H and O–H groups in total. The maximum absolute atomic E-state index is 5.48. The zero-order valence-electron chi connectivity index (χ0n) is 9.59. The van der Waals surface area contributed by atoms with E-state index in [1.807, 2.05) is 0 Å². The molecular weight excluding hydrogens is 204 g/mol. The first kappa shape index (κ1) is 11.3. The van der Waals surface area contributed by atoms with Crippen molar-refractivity contribution in [3.05, 3.63) is 18.1 Å². The van der Waals surface area contributed by atoms with E-state index >= 15 is 0 Å². The van der Waals surface area contributed by atoms with E-state index < -0.39 is 0 Å². The van der Waals surface area contributed by atoms with Crippen molar-refractivity contribution in [1.82, 2.24) is 9.97 Å². The van der Waals surface area contributed by atoms with Gasteiger partial charge in [-0.25, -0.2) is 4.98 Å². The number of methoxy groups -OCH3 is 1. The summed E-state index contributed by atoms with van der Waals surface area (Å²) in [6.07, 6.45) is 4.71. The van der Waals surface area contributed by atoms with Crippen molar-refractivity contribution in [1.29, 1.82) is 0 Å². The van der Waals surface area contributed by atoms with E-state index in [2.05, 4.69) is 14.9 Å². The highest BCUT2D eigenvalue weighted by atomic mass is 16.5. The summed E-state index contributed by atoms with van der Waals surface area (Å²) in [6, 6.07) is 0. The molecular formula is C11H18N4O. The molecule has 1 unspecified atom stereocenters. The average Bonchev–Trinajstić information content (AvgIpc) is 2.78. The molecule has 5 nitrogen and oxygen atoms in total. The first-order valence-electron chi connectivity index (χ1n) is 5.58. The van der Waals surface area contributed by atoms with Gasteiger partial charge in [0, 0.05) is 32.7 Å². The van der Waals surface area contributed by atoms with E-state index in [9.17, 15) is 0 Å². The van der Waals surface area contributed by atoms with Gasteiger partial charge in [0.25, 0.3) is 0 Å². The largest absolute Gasteiger partial charge is 0.384 e. The van der Waals surface area contributed by atoms with Gasteiger partial charge in [-0.15, -0.1) is 0 Å². The second-order valence-corrected chi connectivity index (χ2v) is 4.13. The van der Waals surface area contributed by atoms with Crippen LogP contribution in [0.3, 0.4) is 0 Å². The third-order valence-electron chi connectivity index (χ3n) is 2.91. The van der Waals surface area contributed by atoms with E-state index in [1.54, 1.807) is 19.5 Å². The Morgan fingerprint density at radius 1 is 1.50 bits per heavy atom. The topological polar surface area (TPSA) is 64.3 Å². The Hall–Kier alpha value is -1.20. The molecule has 1 aromatic rings. The minimum atomic E-state index is 0.444. The lowest BCUT2D eigenvalue weighted by atomic mass is 10.1. The number of rotatable bonds is 4. The average molecular weight is 222 g/mol. The van der Waals surface area contributed by atoms with Gasteiger partial charge in [0.2, 0.25) is 0 Å². The van der Waals surface area contributed by atoms with E-state index in [0.717, 1.165) is 37.6 Å². The molecule has 0 spiro atoms. The number of nitrogens with zero attached hydrogens (tertiary/aromatic N) is 3. The number of hydrogen-bond acceptors (Lipinski definition) is 5. The van der Waals surface area contributed by atoms with Crippen LogP contribution in [0.1, 0.15) is 12.1 Å². The molecule has 1 fully saturated rings. The summed E-state index contributed by atoms with van der Waals surface area (Å²) in [5, 5.41) is 0. The fourth-order valence-corrected chi connectivity index (χ4v) is 2.03. The molecule has 1 aliphatic heterocycles. The van der Waals surface area contributed by atoms with Crippen molar-refractivity contribution >= 4 is 5.82 Å². The van der Waals surface area contributed by atoms with Gasteiger partial charge in [0.05, 0.1) is 24.7 Å². The Morgan fingerprint density at radius 2 is 2.38 bits per heavy atom. The smallest absolute Gasteiger partial charge is 0.147 e. The van der Waals surface area contributed by atoms with Crippen LogP contribution in [0, 0.1) is 5.92 Å². The van der Waals surface area contributed by atoms with E-state index in [0.29, 0.717) is 12.5 Å². The van der Waals surface area contributed by atoms with Crippen LogP contribution in [0.2, 0.25) is 0 Å². The highest BCUT2D eigenvalue weighted by molar-refractivity contribution is 5.37. The van der Waals surface area contributed by atoms with Crippen LogP contribution in [-0.2, 0) is 11.3 Å². The fourth-order valence-electron chi connectivity index (χ4n) is 2.03. The lowest BCUT2D eigenvalue weighted by Gasteiger charge is -2.16. The van der Waals surface area contributed by atoms with E-state index in [-0.39, 0.29) is 0 Å². The summed E-state index contributed by atoms with van der Waals surface area (Å²) in [4.78, 5) is 10.9. The molecule has 0 saturated carbocycles. The lowest BCUT2D eigenvalue weighted by Crippen LogP contribution is -2.22. The lowest BCUT2D eigenvalue weighted by molar-refractivity contribution is 0.161. The zero-order chi connectivity index (χ0) is 11.4. The van der Waals surface area contributed by atoms with Crippen molar-refractivity contribution < 1.29 is 4.74 Å². The van der Waals surface area contributed by atoms with Gasteiger partial charge in [-0.3, -0.25) is 4.98 Å². The van der Waals surface area contributed by atoms with Gasteiger partial charge < -0.3 is 15.4 Å². The molecule has 0 aliphatic carbocycles. The van der Waals surface area contributed by atoms with Crippen LogP contribution in [0.15, 0.2) is 12.4 Å². The molecule has 1 aromatic heterocycles. The molecule has 2 heterocycles. The Bertz CT molecular complexity index is 327. The summed E-state index contributed by atoms with van der Waals surface area (Å²) >= 11 is 0. The second kappa shape index (κ2) is 5.23. The molecule has 0 bridgehead atoms. The summed E-state index contributed by atoms with van der Waals surface area (Å²) in [5.74, 6) is 1.55. The van der Waals surface area contributed by atoms with Gasteiger partial charge in [-0.1, -0.05) is 0 Å². The van der Waals surface area contributed by atoms with Crippen LogP contribution < -0.4 is 10.6 Å². The van der Waals surface area contributed by atoms with E-state index in [1.165, 1.54) is 0 Å². The number of anilines is 1. The maximum atomic E-state index is 5.48. The first-order valence-corrected chi connectivity index (χ1v) is 5.58. The Labute approximate surface area is 95.6 Å². The van der Waals surface area contributed by atoms with Crippen LogP contribution >= 0.6 is 0 Å². The molecule has 16 heavy (non-hydrogen) atoms. The molecule has 1 atom stereocenters. The molecule has 2 rings (SSSR count). The van der Waals surface area contributed by atoms with Crippen LogP contribution in [0.25, 0.3) is 0 Å². The fraction of sp³-hybridized carbons (Fsp3) is 0.636. The standard InChI is InChI=1S/C11H18N4O/c1-16-8-9-2-3-15(7-9)11-6-13-10(4-12)5-14-11/h5-6,9H,2-4,7-8,12H2,1H3. The summed E-state index contributed by atoms with van der Waals surface area (Å²) < 4.78 is 5.17. The van der Waals surface area contributed by atoms with Gasteiger partial charge in [-0.2, -0.15) is 0 Å². The predicted molar refractivity (Wildman–Crippen MR) is 62.1 cm³/mol. The number of aromatic nitrogens is 2. The highest BCUT2D eigenvalue weighted by Gasteiger charge is 2.23. The molecule has 88 valence electrons. The first-order chi connectivity index (χ1) is 7.83. The molecule has 0 amide bonds. The Balaban J connectivity index is 1.97. The maximum Gasteiger partial charge on any atom is 0.147 e. The zero-order valence-corrected chi connectivity index (χ0v) is 9.59. The number of ether oxygens (including phenoxy) is 1. The number of hydrogen-bond donors (Lipinski definition) is 1. The molecule has 0 aromatic carbocycles. The normalized spacial score (nSPS) is 20.4. The van der Waals surface area contributed by atoms with Gasteiger partial charge in [-0.05, 0) is 6.42 Å². The Kier molecular flexibility index (Phi) is 3.69. The highest BCUT2D eigenvalue weighted by Crippen LogP contribution is 2.21. The third kappa shape index (κ3) is 2.48. The summed E-state index contributed by atoms with van der Waals surface area (Å²) in [5.41, 5.74) is 6.31.